The first-order valence-electron chi connectivity index (χ1n) is 8.57. The number of esters is 1. The molecule has 0 bridgehead atoms. The summed E-state index contributed by atoms with van der Waals surface area (Å²) in [6.45, 7) is 5.81. The molecule has 8 heteroatoms. The summed E-state index contributed by atoms with van der Waals surface area (Å²) < 4.78 is 4.89. The van der Waals surface area contributed by atoms with Crippen molar-refractivity contribution in [2.75, 3.05) is 18.9 Å². The third kappa shape index (κ3) is 6.90. The fraction of sp³-hybridized carbons (Fsp3) is 0.368. The highest BCUT2D eigenvalue weighted by atomic mass is 32.2. The number of amides is 3. The van der Waals surface area contributed by atoms with Crippen molar-refractivity contribution in [3.05, 3.63) is 35.9 Å². The van der Waals surface area contributed by atoms with Crippen LogP contribution in [0.1, 0.15) is 19.4 Å². The van der Waals surface area contributed by atoms with Crippen molar-refractivity contribution < 1.29 is 19.1 Å². The van der Waals surface area contributed by atoms with E-state index in [1.54, 1.807) is 0 Å². The number of carbonyl (C=O) groups is 3. The van der Waals surface area contributed by atoms with E-state index in [9.17, 15) is 14.4 Å². The van der Waals surface area contributed by atoms with E-state index in [-0.39, 0.29) is 11.7 Å². The highest BCUT2D eigenvalue weighted by Gasteiger charge is 2.12. The quantitative estimate of drug-likeness (QED) is 0.558. The van der Waals surface area contributed by atoms with Crippen LogP contribution >= 0.6 is 11.8 Å². The standard InChI is InChI=1S/C19H23N3O4S/c1-12(2)9-20-19(25)22-16(23)10-26-18(24)11-27-17-8-13(3)14-6-4-5-7-15(14)21-17/h4-8,12H,9-11H2,1-3H3,(H2,20,22,23,25). The second kappa shape index (κ2) is 9.91. The monoisotopic (exact) mass is 389 g/mol. The smallest absolute Gasteiger partial charge is 0.321 e. The Labute approximate surface area is 162 Å². The number of imide groups is 1. The maximum atomic E-state index is 11.8. The van der Waals surface area contributed by atoms with Gasteiger partial charge >= 0.3 is 12.0 Å². The van der Waals surface area contributed by atoms with E-state index < -0.39 is 24.5 Å². The first-order chi connectivity index (χ1) is 12.8. The SMILES string of the molecule is Cc1cc(SCC(=O)OCC(=O)NC(=O)NCC(C)C)nc2ccccc12. The van der Waals surface area contributed by atoms with Crippen LogP contribution < -0.4 is 10.6 Å². The zero-order chi connectivity index (χ0) is 19.8. The van der Waals surface area contributed by atoms with Crippen molar-refractivity contribution in [1.82, 2.24) is 15.6 Å². The van der Waals surface area contributed by atoms with Crippen LogP contribution in [-0.4, -0.2) is 41.8 Å². The predicted molar refractivity (Wildman–Crippen MR) is 105 cm³/mol. The van der Waals surface area contributed by atoms with E-state index in [0.29, 0.717) is 11.6 Å². The molecule has 2 N–H and O–H groups in total. The van der Waals surface area contributed by atoms with E-state index in [4.69, 9.17) is 4.74 Å². The molecule has 0 aliphatic carbocycles. The summed E-state index contributed by atoms with van der Waals surface area (Å²) in [6, 6.07) is 9.08. The normalized spacial score (nSPS) is 10.7. The lowest BCUT2D eigenvalue weighted by molar-refractivity contribution is -0.145. The number of para-hydroxylation sites is 1. The van der Waals surface area contributed by atoms with Crippen LogP contribution in [0.25, 0.3) is 10.9 Å². The van der Waals surface area contributed by atoms with Gasteiger partial charge in [-0.2, -0.15) is 0 Å². The number of aromatic nitrogens is 1. The number of carbonyl (C=O) groups excluding carboxylic acids is 3. The van der Waals surface area contributed by atoms with E-state index in [1.165, 1.54) is 11.8 Å². The number of nitrogens with one attached hydrogen (secondary N) is 2. The molecule has 0 unspecified atom stereocenters. The largest absolute Gasteiger partial charge is 0.455 e. The number of benzene rings is 1. The van der Waals surface area contributed by atoms with E-state index in [0.717, 1.165) is 16.5 Å². The molecule has 27 heavy (non-hydrogen) atoms. The summed E-state index contributed by atoms with van der Waals surface area (Å²) in [5, 5.41) is 6.43. The Morgan fingerprint density at radius 2 is 1.96 bits per heavy atom. The average Bonchev–Trinajstić information content (AvgIpc) is 2.63. The molecular formula is C19H23N3O4S. The maximum absolute atomic E-state index is 11.8. The van der Waals surface area contributed by atoms with Crippen molar-refractivity contribution in [3.63, 3.8) is 0 Å². The molecule has 0 radical (unpaired) electrons. The second-order valence-electron chi connectivity index (χ2n) is 6.40. The van der Waals surface area contributed by atoms with E-state index in [2.05, 4.69) is 15.6 Å². The number of ether oxygens (including phenoxy) is 1. The Hall–Kier alpha value is -2.61. The molecule has 0 atom stereocenters. The van der Waals surface area contributed by atoms with Gasteiger partial charge in [-0.05, 0) is 30.5 Å². The topological polar surface area (TPSA) is 97.4 Å². The molecule has 0 spiro atoms. The van der Waals surface area contributed by atoms with Gasteiger partial charge in [0.15, 0.2) is 6.61 Å². The minimum absolute atomic E-state index is 0.0254. The molecule has 3 amide bonds. The Morgan fingerprint density at radius 1 is 1.22 bits per heavy atom. The van der Waals surface area contributed by atoms with Gasteiger partial charge in [-0.1, -0.05) is 43.8 Å². The van der Waals surface area contributed by atoms with Crippen molar-refractivity contribution in [3.8, 4) is 0 Å². The third-order valence-corrected chi connectivity index (χ3v) is 4.41. The lowest BCUT2D eigenvalue weighted by atomic mass is 10.1. The van der Waals surface area contributed by atoms with Crippen LogP contribution in [0.15, 0.2) is 35.4 Å². The number of pyridine rings is 1. The number of aryl methyl sites for hydroxylation is 1. The maximum Gasteiger partial charge on any atom is 0.321 e. The van der Waals surface area contributed by atoms with Gasteiger partial charge in [-0.15, -0.1) is 0 Å². The highest BCUT2D eigenvalue weighted by Crippen LogP contribution is 2.23. The molecule has 1 aromatic carbocycles. The zero-order valence-corrected chi connectivity index (χ0v) is 16.4. The molecule has 1 heterocycles. The molecule has 2 aromatic rings. The van der Waals surface area contributed by atoms with Crippen LogP contribution in [0.5, 0.6) is 0 Å². The molecule has 7 nitrogen and oxygen atoms in total. The summed E-state index contributed by atoms with van der Waals surface area (Å²) >= 11 is 1.24. The number of rotatable bonds is 7. The molecule has 2 rings (SSSR count). The molecule has 0 fully saturated rings. The summed E-state index contributed by atoms with van der Waals surface area (Å²) in [5.41, 5.74) is 1.93. The van der Waals surface area contributed by atoms with Crippen LogP contribution in [0.3, 0.4) is 0 Å². The lowest BCUT2D eigenvalue weighted by Gasteiger charge is -2.09. The number of nitrogens with zero attached hydrogens (tertiary/aromatic N) is 1. The second-order valence-corrected chi connectivity index (χ2v) is 7.39. The van der Waals surface area contributed by atoms with Crippen LogP contribution in [0, 0.1) is 12.8 Å². The van der Waals surface area contributed by atoms with Gasteiger partial charge in [0, 0.05) is 11.9 Å². The van der Waals surface area contributed by atoms with Gasteiger partial charge in [0.05, 0.1) is 16.3 Å². The summed E-state index contributed by atoms with van der Waals surface area (Å²) in [7, 11) is 0. The number of thioether (sulfide) groups is 1. The molecular weight excluding hydrogens is 366 g/mol. The van der Waals surface area contributed by atoms with E-state index in [1.807, 2.05) is 51.1 Å². The first-order valence-corrected chi connectivity index (χ1v) is 9.56. The molecule has 0 saturated heterocycles. The third-order valence-electron chi connectivity index (χ3n) is 3.53. The highest BCUT2D eigenvalue weighted by molar-refractivity contribution is 7.99. The van der Waals surface area contributed by atoms with Crippen molar-refractivity contribution in [1.29, 1.82) is 0 Å². The molecule has 1 aromatic heterocycles. The fourth-order valence-corrected chi connectivity index (χ4v) is 2.99. The number of hydrogen-bond donors (Lipinski definition) is 2. The van der Waals surface area contributed by atoms with Crippen molar-refractivity contribution in [2.45, 2.75) is 25.8 Å². The van der Waals surface area contributed by atoms with Crippen molar-refractivity contribution >= 4 is 40.6 Å². The summed E-state index contributed by atoms with van der Waals surface area (Å²) in [4.78, 5) is 39.4. The number of urea groups is 1. The molecule has 144 valence electrons. The Kier molecular flexibility index (Phi) is 7.60. The van der Waals surface area contributed by atoms with Crippen molar-refractivity contribution in [2.24, 2.45) is 5.92 Å². The Balaban J connectivity index is 1.76. The fourth-order valence-electron chi connectivity index (χ4n) is 2.22. The minimum Gasteiger partial charge on any atom is -0.455 e. The van der Waals surface area contributed by atoms with Gasteiger partial charge in [0.25, 0.3) is 5.91 Å². The number of hydrogen-bond acceptors (Lipinski definition) is 6. The van der Waals surface area contributed by atoms with Crippen LogP contribution in [0.4, 0.5) is 4.79 Å². The van der Waals surface area contributed by atoms with Gasteiger partial charge in [0.1, 0.15) is 0 Å². The summed E-state index contributed by atoms with van der Waals surface area (Å²) in [5.74, 6) is -0.926. The first kappa shape index (κ1) is 20.7. The van der Waals surface area contributed by atoms with Gasteiger partial charge < -0.3 is 10.1 Å². The zero-order valence-electron chi connectivity index (χ0n) is 15.6. The van der Waals surface area contributed by atoms with Crippen LogP contribution in [-0.2, 0) is 14.3 Å². The molecule has 0 aliphatic heterocycles. The van der Waals surface area contributed by atoms with Gasteiger partial charge in [0.2, 0.25) is 0 Å². The lowest BCUT2D eigenvalue weighted by Crippen LogP contribution is -2.42. The minimum atomic E-state index is -0.672. The van der Waals surface area contributed by atoms with E-state index >= 15 is 0 Å². The molecule has 0 saturated carbocycles. The van der Waals surface area contributed by atoms with Crippen LogP contribution in [0.2, 0.25) is 0 Å². The van der Waals surface area contributed by atoms with Gasteiger partial charge in [-0.3, -0.25) is 14.9 Å². The Bertz CT molecular complexity index is 839. The average molecular weight is 389 g/mol. The predicted octanol–water partition coefficient (Wildman–Crippen LogP) is 2.66. The number of fused-ring (bicyclic) bond motifs is 1. The molecule has 0 aliphatic rings. The van der Waals surface area contributed by atoms with Gasteiger partial charge in [-0.25, -0.2) is 9.78 Å². The summed E-state index contributed by atoms with van der Waals surface area (Å²) in [6.07, 6.45) is 0. The Morgan fingerprint density at radius 3 is 2.70 bits per heavy atom.